The molecule has 0 heterocycles. The van der Waals surface area contributed by atoms with Gasteiger partial charge < -0.3 is 5.73 Å². The molecule has 0 aliphatic carbocycles. The summed E-state index contributed by atoms with van der Waals surface area (Å²) in [5.41, 5.74) is 7.71. The van der Waals surface area contributed by atoms with Crippen LogP contribution in [0.15, 0.2) is 34.5 Å². The highest BCUT2D eigenvalue weighted by molar-refractivity contribution is 8.13. The Morgan fingerprint density at radius 3 is 2.57 bits per heavy atom. The normalized spacial score (nSPS) is 12.3. The lowest BCUT2D eigenvalue weighted by Crippen LogP contribution is -2.03. The minimum Gasteiger partial charge on any atom is -0.377 e. The monoisotopic (exact) mass is 207 g/mol. The number of rotatable bonds is 2. The van der Waals surface area contributed by atoms with E-state index in [1.165, 1.54) is 17.3 Å². The van der Waals surface area contributed by atoms with E-state index < -0.39 is 0 Å². The van der Waals surface area contributed by atoms with Crippen molar-refractivity contribution < 1.29 is 0 Å². The fourth-order valence-corrected chi connectivity index (χ4v) is 0.975. The lowest BCUT2D eigenvalue weighted by Gasteiger charge is -1.92. The number of aryl methyl sites for hydroxylation is 1. The smallest absolute Gasteiger partial charge is 0.180 e. The lowest BCUT2D eigenvalue weighted by molar-refractivity contribution is 1.25. The third-order valence-corrected chi connectivity index (χ3v) is 2.15. The Morgan fingerprint density at radius 1 is 1.36 bits per heavy atom. The van der Waals surface area contributed by atoms with Gasteiger partial charge in [-0.05, 0) is 18.7 Å². The van der Waals surface area contributed by atoms with E-state index in [1.54, 1.807) is 6.21 Å². The Kier molecular flexibility index (Phi) is 4.19. The Labute approximate surface area is 88.1 Å². The maximum atomic E-state index is 5.46. The molecular weight excluding hydrogens is 194 g/mol. The Balaban J connectivity index is 2.65. The average Bonchev–Trinajstić information content (AvgIpc) is 2.21. The zero-order valence-electron chi connectivity index (χ0n) is 8.27. The summed E-state index contributed by atoms with van der Waals surface area (Å²) < 4.78 is 0. The Hall–Kier alpha value is -1.29. The van der Waals surface area contributed by atoms with Gasteiger partial charge in [0.1, 0.15) is 0 Å². The van der Waals surface area contributed by atoms with E-state index >= 15 is 0 Å². The van der Waals surface area contributed by atoms with Gasteiger partial charge in [0.25, 0.3) is 0 Å². The predicted molar refractivity (Wildman–Crippen MR) is 63.9 cm³/mol. The van der Waals surface area contributed by atoms with Crippen LogP contribution < -0.4 is 5.73 Å². The van der Waals surface area contributed by atoms with Gasteiger partial charge in [0.05, 0.1) is 6.21 Å². The highest BCUT2D eigenvalue weighted by Crippen LogP contribution is 2.00. The second-order valence-corrected chi connectivity index (χ2v) is 3.62. The van der Waals surface area contributed by atoms with Gasteiger partial charge in [0, 0.05) is 0 Å². The molecular formula is C10H13N3S. The first-order valence-electron chi connectivity index (χ1n) is 4.19. The second-order valence-electron chi connectivity index (χ2n) is 2.80. The summed E-state index contributed by atoms with van der Waals surface area (Å²) in [5, 5.41) is 8.11. The molecule has 0 saturated heterocycles. The number of hydrogen-bond donors (Lipinski definition) is 1. The van der Waals surface area contributed by atoms with Crippen LogP contribution >= 0.6 is 11.8 Å². The third-order valence-electron chi connectivity index (χ3n) is 1.65. The van der Waals surface area contributed by atoms with Crippen molar-refractivity contribution in [3.05, 3.63) is 35.4 Å². The fraction of sp³-hybridized carbons (Fsp3) is 0.200. The lowest BCUT2D eigenvalue weighted by atomic mass is 10.2. The molecule has 1 rings (SSSR count). The zero-order chi connectivity index (χ0) is 10.4. The molecule has 0 aliphatic rings. The van der Waals surface area contributed by atoms with E-state index in [0.717, 1.165) is 5.56 Å². The summed E-state index contributed by atoms with van der Waals surface area (Å²) >= 11 is 1.38. The van der Waals surface area contributed by atoms with Gasteiger partial charge in [0.15, 0.2) is 5.17 Å². The summed E-state index contributed by atoms with van der Waals surface area (Å²) in [7, 11) is 0. The molecule has 0 fully saturated rings. The van der Waals surface area contributed by atoms with Crippen LogP contribution in [-0.4, -0.2) is 17.6 Å². The standard InChI is InChI=1S/C10H13N3S/c1-8-3-5-9(6-4-8)7-12-13-10(11)14-2/h3-7H,1-2H3,(H2,11,13)/b12-7+. The van der Waals surface area contributed by atoms with Crippen molar-refractivity contribution in [3.8, 4) is 0 Å². The molecule has 2 N–H and O–H groups in total. The number of nitrogens with two attached hydrogens (primary N) is 1. The van der Waals surface area contributed by atoms with Crippen LogP contribution in [0.25, 0.3) is 0 Å². The minimum absolute atomic E-state index is 0.466. The molecule has 0 amide bonds. The maximum Gasteiger partial charge on any atom is 0.180 e. The van der Waals surface area contributed by atoms with E-state index in [-0.39, 0.29) is 0 Å². The summed E-state index contributed by atoms with van der Waals surface area (Å²) in [5.74, 6) is 0. The summed E-state index contributed by atoms with van der Waals surface area (Å²) in [6.45, 7) is 2.05. The highest BCUT2D eigenvalue weighted by atomic mass is 32.2. The molecule has 74 valence electrons. The predicted octanol–water partition coefficient (Wildman–Crippen LogP) is 2.01. The van der Waals surface area contributed by atoms with Crippen LogP contribution in [0.1, 0.15) is 11.1 Å². The van der Waals surface area contributed by atoms with Crippen molar-refractivity contribution in [2.75, 3.05) is 6.26 Å². The summed E-state index contributed by atoms with van der Waals surface area (Å²) in [6.07, 6.45) is 3.54. The molecule has 3 nitrogen and oxygen atoms in total. The van der Waals surface area contributed by atoms with Crippen LogP contribution in [0, 0.1) is 6.92 Å². The van der Waals surface area contributed by atoms with Gasteiger partial charge in [-0.15, -0.1) is 5.10 Å². The van der Waals surface area contributed by atoms with Gasteiger partial charge in [-0.1, -0.05) is 41.6 Å². The molecule has 1 aromatic carbocycles. The molecule has 0 saturated carbocycles. The second kappa shape index (κ2) is 5.44. The largest absolute Gasteiger partial charge is 0.377 e. The van der Waals surface area contributed by atoms with Crippen molar-refractivity contribution in [2.45, 2.75) is 6.92 Å². The molecule has 0 unspecified atom stereocenters. The minimum atomic E-state index is 0.466. The van der Waals surface area contributed by atoms with Gasteiger partial charge in [0.2, 0.25) is 0 Å². The van der Waals surface area contributed by atoms with Crippen LogP contribution in [0.5, 0.6) is 0 Å². The Bertz CT molecular complexity index is 341. The van der Waals surface area contributed by atoms with E-state index in [2.05, 4.69) is 10.2 Å². The van der Waals surface area contributed by atoms with Crippen molar-refractivity contribution >= 4 is 23.1 Å². The fourth-order valence-electron chi connectivity index (χ4n) is 0.846. The topological polar surface area (TPSA) is 50.7 Å². The molecule has 0 radical (unpaired) electrons. The zero-order valence-corrected chi connectivity index (χ0v) is 9.08. The third kappa shape index (κ3) is 3.62. The number of hydrogen-bond acceptors (Lipinski definition) is 3. The van der Waals surface area contributed by atoms with Crippen LogP contribution in [0.2, 0.25) is 0 Å². The van der Waals surface area contributed by atoms with E-state index in [1.807, 2.05) is 37.4 Å². The van der Waals surface area contributed by atoms with Gasteiger partial charge in [-0.25, -0.2) is 0 Å². The molecule has 0 spiro atoms. The first-order chi connectivity index (χ1) is 6.72. The molecule has 0 atom stereocenters. The molecule has 0 bridgehead atoms. The van der Waals surface area contributed by atoms with Crippen molar-refractivity contribution in [1.29, 1.82) is 0 Å². The molecule has 0 aromatic heterocycles. The van der Waals surface area contributed by atoms with Crippen LogP contribution in [0.4, 0.5) is 0 Å². The Morgan fingerprint density at radius 2 is 2.00 bits per heavy atom. The van der Waals surface area contributed by atoms with Gasteiger partial charge in [-0.3, -0.25) is 0 Å². The summed E-state index contributed by atoms with van der Waals surface area (Å²) in [6, 6.07) is 8.04. The van der Waals surface area contributed by atoms with Crippen molar-refractivity contribution in [2.24, 2.45) is 15.9 Å². The maximum absolute atomic E-state index is 5.46. The first-order valence-corrected chi connectivity index (χ1v) is 5.42. The number of amidine groups is 1. The average molecular weight is 207 g/mol. The van der Waals surface area contributed by atoms with E-state index in [4.69, 9.17) is 5.73 Å². The number of nitrogens with zero attached hydrogens (tertiary/aromatic N) is 2. The van der Waals surface area contributed by atoms with Gasteiger partial charge in [-0.2, -0.15) is 5.10 Å². The van der Waals surface area contributed by atoms with Gasteiger partial charge >= 0.3 is 0 Å². The highest BCUT2D eigenvalue weighted by Gasteiger charge is 1.87. The quantitative estimate of drug-likeness (QED) is 0.458. The van der Waals surface area contributed by atoms with E-state index in [9.17, 15) is 0 Å². The van der Waals surface area contributed by atoms with Crippen molar-refractivity contribution in [3.63, 3.8) is 0 Å². The summed E-state index contributed by atoms with van der Waals surface area (Å²) in [4.78, 5) is 0. The first kappa shape index (κ1) is 10.8. The van der Waals surface area contributed by atoms with Crippen LogP contribution in [0.3, 0.4) is 0 Å². The molecule has 14 heavy (non-hydrogen) atoms. The molecule has 4 heteroatoms. The van der Waals surface area contributed by atoms with Crippen molar-refractivity contribution in [1.82, 2.24) is 0 Å². The number of thioether (sulfide) groups is 1. The van der Waals surface area contributed by atoms with E-state index in [0.29, 0.717) is 5.17 Å². The SMILES string of the molecule is CS/C(N)=N/N=C/c1ccc(C)cc1. The molecule has 0 aliphatic heterocycles. The molecule has 1 aromatic rings. The number of benzene rings is 1. The van der Waals surface area contributed by atoms with Crippen LogP contribution in [-0.2, 0) is 0 Å².